The van der Waals surface area contributed by atoms with Gasteiger partial charge in [-0.15, -0.1) is 0 Å². The molecule has 1 amide bonds. The molecule has 120 valence electrons. The van der Waals surface area contributed by atoms with Crippen molar-refractivity contribution in [1.82, 2.24) is 10.3 Å². The number of rotatable bonds is 4. The molecule has 1 aliphatic heterocycles. The van der Waals surface area contributed by atoms with Crippen LogP contribution in [0.25, 0.3) is 0 Å². The Hall–Kier alpha value is -2.56. The summed E-state index contributed by atoms with van der Waals surface area (Å²) in [7, 11) is 3.28. The molecule has 1 atom stereocenters. The number of amides is 1. The zero-order valence-corrected chi connectivity index (χ0v) is 13.3. The predicted octanol–water partition coefficient (Wildman–Crippen LogP) is 2.24. The van der Waals surface area contributed by atoms with Crippen LogP contribution in [-0.2, 0) is 12.8 Å². The zero-order chi connectivity index (χ0) is 16.2. The molecule has 2 heterocycles. The minimum atomic E-state index is -0.105. The Kier molecular flexibility index (Phi) is 4.46. The van der Waals surface area contributed by atoms with Crippen LogP contribution in [0.2, 0.25) is 0 Å². The van der Waals surface area contributed by atoms with Crippen molar-refractivity contribution in [2.45, 2.75) is 12.8 Å². The van der Waals surface area contributed by atoms with E-state index in [4.69, 9.17) is 9.47 Å². The second-order valence-electron chi connectivity index (χ2n) is 5.61. The number of hydrogen-bond acceptors (Lipinski definition) is 4. The van der Waals surface area contributed by atoms with Crippen molar-refractivity contribution in [3.63, 3.8) is 0 Å². The monoisotopic (exact) mass is 312 g/mol. The first-order valence-corrected chi connectivity index (χ1v) is 7.67. The molecule has 0 saturated heterocycles. The zero-order valence-electron chi connectivity index (χ0n) is 13.3. The third kappa shape index (κ3) is 3.13. The lowest BCUT2D eigenvalue weighted by atomic mass is 9.91. The molecule has 5 nitrogen and oxygen atoms in total. The Morgan fingerprint density at radius 3 is 3.04 bits per heavy atom. The molecule has 0 aliphatic carbocycles. The van der Waals surface area contributed by atoms with Gasteiger partial charge < -0.3 is 14.8 Å². The van der Waals surface area contributed by atoms with Crippen molar-refractivity contribution in [3.8, 4) is 11.5 Å². The highest BCUT2D eigenvalue weighted by Crippen LogP contribution is 2.36. The van der Waals surface area contributed by atoms with E-state index in [1.165, 1.54) is 0 Å². The summed E-state index contributed by atoms with van der Waals surface area (Å²) >= 11 is 0. The fourth-order valence-corrected chi connectivity index (χ4v) is 2.96. The number of benzene rings is 1. The quantitative estimate of drug-likeness (QED) is 0.940. The SMILES string of the molecule is CNC(=O)c1cccnc1C[C@H]1COc2c(cccc2OC)C1. The van der Waals surface area contributed by atoms with Gasteiger partial charge in [0.2, 0.25) is 0 Å². The molecule has 0 unspecified atom stereocenters. The van der Waals surface area contributed by atoms with Crippen LogP contribution in [-0.4, -0.2) is 31.7 Å². The van der Waals surface area contributed by atoms with Crippen LogP contribution in [0.5, 0.6) is 11.5 Å². The molecule has 1 aromatic carbocycles. The highest BCUT2D eigenvalue weighted by atomic mass is 16.5. The molecule has 1 aliphatic rings. The summed E-state index contributed by atoms with van der Waals surface area (Å²) in [5, 5.41) is 2.66. The topological polar surface area (TPSA) is 60.5 Å². The van der Waals surface area contributed by atoms with E-state index in [0.717, 1.165) is 29.2 Å². The first kappa shape index (κ1) is 15.3. The van der Waals surface area contributed by atoms with Gasteiger partial charge in [0.15, 0.2) is 11.5 Å². The van der Waals surface area contributed by atoms with E-state index in [-0.39, 0.29) is 11.8 Å². The fourth-order valence-electron chi connectivity index (χ4n) is 2.96. The normalized spacial score (nSPS) is 16.2. The minimum Gasteiger partial charge on any atom is -0.493 e. The lowest BCUT2D eigenvalue weighted by molar-refractivity contribution is 0.0961. The third-order valence-corrected chi connectivity index (χ3v) is 4.10. The molecule has 3 rings (SSSR count). The van der Waals surface area contributed by atoms with Gasteiger partial charge >= 0.3 is 0 Å². The van der Waals surface area contributed by atoms with Gasteiger partial charge in [-0.1, -0.05) is 12.1 Å². The Morgan fingerprint density at radius 2 is 2.26 bits per heavy atom. The summed E-state index contributed by atoms with van der Waals surface area (Å²) in [6.45, 7) is 0.594. The molecular formula is C18H20N2O3. The van der Waals surface area contributed by atoms with E-state index in [0.29, 0.717) is 18.6 Å². The first-order chi connectivity index (χ1) is 11.2. The highest BCUT2D eigenvalue weighted by molar-refractivity contribution is 5.95. The number of methoxy groups -OCH3 is 1. The number of nitrogens with one attached hydrogen (secondary N) is 1. The molecule has 0 saturated carbocycles. The largest absolute Gasteiger partial charge is 0.493 e. The van der Waals surface area contributed by atoms with Crippen molar-refractivity contribution >= 4 is 5.91 Å². The number of aromatic nitrogens is 1. The van der Waals surface area contributed by atoms with Crippen molar-refractivity contribution in [2.24, 2.45) is 5.92 Å². The molecule has 1 aromatic heterocycles. The Labute approximate surface area is 135 Å². The average molecular weight is 312 g/mol. The van der Waals surface area contributed by atoms with E-state index in [2.05, 4.69) is 16.4 Å². The van der Waals surface area contributed by atoms with E-state index in [1.807, 2.05) is 18.2 Å². The van der Waals surface area contributed by atoms with Crippen LogP contribution in [0, 0.1) is 5.92 Å². The van der Waals surface area contributed by atoms with Crippen LogP contribution in [0.15, 0.2) is 36.5 Å². The number of ether oxygens (including phenoxy) is 2. The molecule has 2 aromatic rings. The summed E-state index contributed by atoms with van der Waals surface area (Å²) in [5.74, 6) is 1.78. The van der Waals surface area contributed by atoms with Crippen LogP contribution in [0.3, 0.4) is 0 Å². The summed E-state index contributed by atoms with van der Waals surface area (Å²) in [5.41, 5.74) is 2.58. The lowest BCUT2D eigenvalue weighted by Crippen LogP contribution is -2.26. The van der Waals surface area contributed by atoms with Gasteiger partial charge in [-0.25, -0.2) is 0 Å². The number of pyridine rings is 1. The van der Waals surface area contributed by atoms with Crippen LogP contribution < -0.4 is 14.8 Å². The number of carbonyl (C=O) groups is 1. The van der Waals surface area contributed by atoms with Crippen molar-refractivity contribution in [2.75, 3.05) is 20.8 Å². The molecule has 5 heteroatoms. The van der Waals surface area contributed by atoms with Gasteiger partial charge in [-0.05, 0) is 36.6 Å². The maximum Gasteiger partial charge on any atom is 0.252 e. The second-order valence-corrected chi connectivity index (χ2v) is 5.61. The minimum absolute atomic E-state index is 0.105. The molecule has 0 spiro atoms. The molecule has 23 heavy (non-hydrogen) atoms. The Balaban J connectivity index is 1.79. The van der Waals surface area contributed by atoms with Gasteiger partial charge in [0.25, 0.3) is 5.91 Å². The van der Waals surface area contributed by atoms with Crippen LogP contribution in [0.4, 0.5) is 0 Å². The number of hydrogen-bond donors (Lipinski definition) is 1. The maximum atomic E-state index is 12.0. The third-order valence-electron chi connectivity index (χ3n) is 4.10. The van der Waals surface area contributed by atoms with E-state index >= 15 is 0 Å². The summed E-state index contributed by atoms with van der Waals surface area (Å²) in [6, 6.07) is 9.53. The first-order valence-electron chi connectivity index (χ1n) is 7.67. The average Bonchev–Trinajstić information content (AvgIpc) is 2.60. The second kappa shape index (κ2) is 6.69. The van der Waals surface area contributed by atoms with Gasteiger partial charge in [-0.3, -0.25) is 9.78 Å². The summed E-state index contributed by atoms with van der Waals surface area (Å²) in [6.07, 6.45) is 3.32. The summed E-state index contributed by atoms with van der Waals surface area (Å²) < 4.78 is 11.2. The van der Waals surface area contributed by atoms with Crippen LogP contribution in [0.1, 0.15) is 21.6 Å². The van der Waals surface area contributed by atoms with Gasteiger partial charge in [0.1, 0.15) is 0 Å². The standard InChI is InChI=1S/C18H20N2O3/c1-19-18(21)14-6-4-8-20-15(14)10-12-9-13-5-3-7-16(22-2)17(13)23-11-12/h3-8,12H,9-11H2,1-2H3,(H,19,21)/t12-/m0/s1. The molecule has 1 N–H and O–H groups in total. The number of para-hydroxylation sites is 1. The van der Waals surface area contributed by atoms with E-state index < -0.39 is 0 Å². The molecule has 0 bridgehead atoms. The van der Waals surface area contributed by atoms with E-state index in [9.17, 15) is 4.79 Å². The molecule has 0 fully saturated rings. The number of fused-ring (bicyclic) bond motifs is 1. The Bertz CT molecular complexity index is 715. The smallest absolute Gasteiger partial charge is 0.252 e. The van der Waals surface area contributed by atoms with Gasteiger partial charge in [0.05, 0.1) is 25.0 Å². The lowest BCUT2D eigenvalue weighted by Gasteiger charge is -2.26. The fraction of sp³-hybridized carbons (Fsp3) is 0.333. The van der Waals surface area contributed by atoms with Crippen LogP contribution >= 0.6 is 0 Å². The van der Waals surface area contributed by atoms with E-state index in [1.54, 1.807) is 26.4 Å². The van der Waals surface area contributed by atoms with Gasteiger partial charge in [-0.2, -0.15) is 0 Å². The van der Waals surface area contributed by atoms with Crippen molar-refractivity contribution < 1.29 is 14.3 Å². The predicted molar refractivity (Wildman–Crippen MR) is 87.0 cm³/mol. The Morgan fingerprint density at radius 1 is 1.39 bits per heavy atom. The molecule has 0 radical (unpaired) electrons. The van der Waals surface area contributed by atoms with Crippen molar-refractivity contribution in [3.05, 3.63) is 53.3 Å². The number of carbonyl (C=O) groups excluding carboxylic acids is 1. The maximum absolute atomic E-state index is 12.0. The van der Waals surface area contributed by atoms with Crippen molar-refractivity contribution in [1.29, 1.82) is 0 Å². The highest BCUT2D eigenvalue weighted by Gasteiger charge is 2.24. The number of nitrogens with zero attached hydrogens (tertiary/aromatic N) is 1. The summed E-state index contributed by atoms with van der Waals surface area (Å²) in [4.78, 5) is 16.3. The van der Waals surface area contributed by atoms with Gasteiger partial charge in [0, 0.05) is 19.2 Å². The molecular weight excluding hydrogens is 292 g/mol.